The molecule has 0 aliphatic heterocycles. The minimum atomic E-state index is -0.0302. The zero-order valence-electron chi connectivity index (χ0n) is 17.3. The van der Waals surface area contributed by atoms with Crippen molar-refractivity contribution < 1.29 is 10.2 Å². The van der Waals surface area contributed by atoms with E-state index in [1.807, 2.05) is 24.3 Å². The molecule has 0 fully saturated rings. The van der Waals surface area contributed by atoms with Gasteiger partial charge in [-0.1, -0.05) is 70.4 Å². The number of phenols is 2. The Bertz CT molecular complexity index is 870. The van der Waals surface area contributed by atoms with Crippen molar-refractivity contribution in [3.05, 3.63) is 71.3 Å². The van der Waals surface area contributed by atoms with Crippen LogP contribution in [0.25, 0.3) is 11.1 Å². The van der Waals surface area contributed by atoms with Gasteiger partial charge in [0, 0.05) is 5.56 Å². The summed E-state index contributed by atoms with van der Waals surface area (Å²) in [5, 5.41) is 20.0. The van der Waals surface area contributed by atoms with E-state index >= 15 is 0 Å². The summed E-state index contributed by atoms with van der Waals surface area (Å²) in [4.78, 5) is 0. The second kappa shape index (κ2) is 8.68. The van der Waals surface area contributed by atoms with E-state index in [-0.39, 0.29) is 5.41 Å². The molecule has 148 valence electrons. The SMILES string of the molecule is CCCCCC(C)(C)c1cc(C2=CC=C(c3ccc(O)cc3)CC2)ccc1O. The smallest absolute Gasteiger partial charge is 0.119 e. The second-order valence-electron chi connectivity index (χ2n) is 8.50. The van der Waals surface area contributed by atoms with Gasteiger partial charge in [-0.3, -0.25) is 0 Å². The number of rotatable bonds is 7. The maximum atomic E-state index is 10.5. The van der Waals surface area contributed by atoms with Crippen LogP contribution in [-0.4, -0.2) is 10.2 Å². The molecule has 2 N–H and O–H groups in total. The summed E-state index contributed by atoms with van der Waals surface area (Å²) in [6.45, 7) is 6.69. The molecule has 0 radical (unpaired) electrons. The molecule has 28 heavy (non-hydrogen) atoms. The van der Waals surface area contributed by atoms with Gasteiger partial charge >= 0.3 is 0 Å². The molecular weight excluding hydrogens is 344 g/mol. The summed E-state index contributed by atoms with van der Waals surface area (Å²) < 4.78 is 0. The van der Waals surface area contributed by atoms with Gasteiger partial charge in [0.2, 0.25) is 0 Å². The molecule has 2 nitrogen and oxygen atoms in total. The zero-order chi connectivity index (χ0) is 20.1. The molecule has 2 aromatic carbocycles. The van der Waals surface area contributed by atoms with Gasteiger partial charge < -0.3 is 10.2 Å². The average Bonchev–Trinajstić information content (AvgIpc) is 2.69. The molecule has 0 unspecified atom stereocenters. The first kappa shape index (κ1) is 20.3. The van der Waals surface area contributed by atoms with Gasteiger partial charge in [-0.2, -0.15) is 0 Å². The summed E-state index contributed by atoms with van der Waals surface area (Å²) in [6.07, 6.45) is 11.1. The highest BCUT2D eigenvalue weighted by Gasteiger charge is 2.24. The molecule has 0 bridgehead atoms. The van der Waals surface area contributed by atoms with Crippen molar-refractivity contribution in [1.29, 1.82) is 0 Å². The maximum absolute atomic E-state index is 10.5. The van der Waals surface area contributed by atoms with E-state index in [1.165, 1.54) is 36.0 Å². The number of unbranched alkanes of at least 4 members (excludes halogenated alkanes) is 2. The molecule has 0 amide bonds. The first-order valence-corrected chi connectivity index (χ1v) is 10.4. The van der Waals surface area contributed by atoms with E-state index in [4.69, 9.17) is 0 Å². The van der Waals surface area contributed by atoms with Crippen LogP contribution in [0.3, 0.4) is 0 Å². The molecule has 0 saturated heterocycles. The van der Waals surface area contributed by atoms with E-state index in [2.05, 4.69) is 39.0 Å². The standard InChI is InChI=1S/C26H32O2/c1-4-5-6-17-26(2,3)24-18-22(13-16-25(24)28)21-9-7-19(8-10-21)20-11-14-23(27)15-12-20/h7,9,11-16,18,27-28H,4-6,8,10,17H2,1-3H3. The van der Waals surface area contributed by atoms with Crippen molar-refractivity contribution in [2.45, 2.75) is 64.7 Å². The van der Waals surface area contributed by atoms with Gasteiger partial charge in [-0.25, -0.2) is 0 Å². The lowest BCUT2D eigenvalue weighted by Gasteiger charge is -2.27. The fourth-order valence-electron chi connectivity index (χ4n) is 4.02. The first-order chi connectivity index (χ1) is 13.4. The Hall–Kier alpha value is -2.48. The minimum Gasteiger partial charge on any atom is -0.508 e. The quantitative estimate of drug-likeness (QED) is 0.501. The van der Waals surface area contributed by atoms with E-state index in [0.717, 1.165) is 30.4 Å². The molecule has 0 spiro atoms. The highest BCUT2D eigenvalue weighted by molar-refractivity contribution is 5.78. The van der Waals surface area contributed by atoms with Gasteiger partial charge in [-0.15, -0.1) is 0 Å². The van der Waals surface area contributed by atoms with Crippen molar-refractivity contribution in [3.63, 3.8) is 0 Å². The fraction of sp³-hybridized carbons (Fsp3) is 0.385. The Morgan fingerprint density at radius 1 is 0.821 bits per heavy atom. The Labute approximate surface area is 169 Å². The van der Waals surface area contributed by atoms with Crippen LogP contribution in [0.2, 0.25) is 0 Å². The van der Waals surface area contributed by atoms with Crippen LogP contribution in [0.5, 0.6) is 11.5 Å². The van der Waals surface area contributed by atoms with Crippen molar-refractivity contribution >= 4 is 11.1 Å². The third-order valence-electron chi connectivity index (χ3n) is 5.89. The predicted octanol–water partition coefficient (Wildman–Crippen LogP) is 7.22. The lowest BCUT2D eigenvalue weighted by Crippen LogP contribution is -2.17. The molecule has 0 aromatic heterocycles. The topological polar surface area (TPSA) is 40.5 Å². The molecule has 1 aliphatic carbocycles. The number of allylic oxidation sites excluding steroid dienone is 4. The molecule has 0 saturated carbocycles. The zero-order valence-corrected chi connectivity index (χ0v) is 17.3. The Morgan fingerprint density at radius 2 is 1.43 bits per heavy atom. The highest BCUT2D eigenvalue weighted by Crippen LogP contribution is 2.39. The van der Waals surface area contributed by atoms with Crippen LogP contribution < -0.4 is 0 Å². The highest BCUT2D eigenvalue weighted by atomic mass is 16.3. The minimum absolute atomic E-state index is 0.0302. The lowest BCUT2D eigenvalue weighted by molar-refractivity contribution is 0.408. The van der Waals surface area contributed by atoms with Gasteiger partial charge in [0.15, 0.2) is 0 Å². The maximum Gasteiger partial charge on any atom is 0.119 e. The number of aromatic hydroxyl groups is 2. The third kappa shape index (κ3) is 4.67. The largest absolute Gasteiger partial charge is 0.508 e. The van der Waals surface area contributed by atoms with Gasteiger partial charge in [0.05, 0.1) is 0 Å². The van der Waals surface area contributed by atoms with Crippen LogP contribution in [-0.2, 0) is 5.41 Å². The molecule has 1 aliphatic rings. The van der Waals surface area contributed by atoms with Crippen molar-refractivity contribution in [2.24, 2.45) is 0 Å². The van der Waals surface area contributed by atoms with Crippen LogP contribution in [0.1, 0.15) is 76.0 Å². The average molecular weight is 377 g/mol. The molecule has 0 heterocycles. The molecule has 2 aromatic rings. The number of hydrogen-bond donors (Lipinski definition) is 2. The normalized spacial score (nSPS) is 14.5. The van der Waals surface area contributed by atoms with Crippen molar-refractivity contribution in [1.82, 2.24) is 0 Å². The van der Waals surface area contributed by atoms with E-state index in [0.29, 0.717) is 11.5 Å². The summed E-state index contributed by atoms with van der Waals surface area (Å²) in [6, 6.07) is 13.5. The lowest BCUT2D eigenvalue weighted by atomic mass is 9.78. The summed E-state index contributed by atoms with van der Waals surface area (Å²) in [7, 11) is 0. The van der Waals surface area contributed by atoms with Crippen molar-refractivity contribution in [2.75, 3.05) is 0 Å². The number of benzene rings is 2. The first-order valence-electron chi connectivity index (χ1n) is 10.4. The Kier molecular flexibility index (Phi) is 6.28. The Balaban J connectivity index is 1.83. The van der Waals surface area contributed by atoms with Crippen LogP contribution in [0.4, 0.5) is 0 Å². The van der Waals surface area contributed by atoms with Gasteiger partial charge in [0.1, 0.15) is 11.5 Å². The fourth-order valence-corrected chi connectivity index (χ4v) is 4.02. The summed E-state index contributed by atoms with van der Waals surface area (Å²) in [5.74, 6) is 0.705. The summed E-state index contributed by atoms with van der Waals surface area (Å²) in [5.41, 5.74) is 6.00. The van der Waals surface area contributed by atoms with Crippen LogP contribution in [0.15, 0.2) is 54.6 Å². The van der Waals surface area contributed by atoms with E-state index in [1.54, 1.807) is 12.1 Å². The predicted molar refractivity (Wildman–Crippen MR) is 119 cm³/mol. The van der Waals surface area contributed by atoms with E-state index in [9.17, 15) is 10.2 Å². The van der Waals surface area contributed by atoms with Crippen LogP contribution >= 0.6 is 0 Å². The second-order valence-corrected chi connectivity index (χ2v) is 8.50. The van der Waals surface area contributed by atoms with Gasteiger partial charge in [0.25, 0.3) is 0 Å². The molecule has 2 heteroatoms. The summed E-state index contributed by atoms with van der Waals surface area (Å²) >= 11 is 0. The molecule has 3 rings (SSSR count). The van der Waals surface area contributed by atoms with Gasteiger partial charge in [-0.05, 0) is 71.2 Å². The monoisotopic (exact) mass is 376 g/mol. The van der Waals surface area contributed by atoms with E-state index < -0.39 is 0 Å². The third-order valence-corrected chi connectivity index (χ3v) is 5.89. The van der Waals surface area contributed by atoms with Crippen molar-refractivity contribution in [3.8, 4) is 11.5 Å². The molecule has 0 atom stereocenters. The number of hydrogen-bond acceptors (Lipinski definition) is 2. The van der Waals surface area contributed by atoms with Crippen LogP contribution in [0, 0.1) is 0 Å². The number of phenolic OH excluding ortho intramolecular Hbond substituents is 2. The Morgan fingerprint density at radius 3 is 2.04 bits per heavy atom. The molecular formula is C26H32O2.